The van der Waals surface area contributed by atoms with Crippen LogP contribution in [0.1, 0.15) is 44.5 Å². The Morgan fingerprint density at radius 1 is 0.274 bits per heavy atom. The van der Waals surface area contributed by atoms with Crippen molar-refractivity contribution in [2.45, 2.75) is 55.4 Å². The van der Waals surface area contributed by atoms with Crippen LogP contribution in [0, 0.1) is 55.4 Å². The summed E-state index contributed by atoms with van der Waals surface area (Å²) in [6, 6.07) is 63.8. The van der Waals surface area contributed by atoms with Crippen LogP contribution in [-0.4, -0.2) is 0 Å². The maximum atomic E-state index is 2.43. The molecule has 0 radical (unpaired) electrons. The van der Waals surface area contributed by atoms with Gasteiger partial charge in [0.2, 0.25) is 0 Å². The van der Waals surface area contributed by atoms with Gasteiger partial charge in [-0.25, -0.2) is 0 Å². The molecular weight excluding hydrogens is 749 g/mol. The summed E-state index contributed by atoms with van der Waals surface area (Å²) in [4.78, 5) is 4.87. The molecule has 10 aromatic rings. The van der Waals surface area contributed by atoms with Crippen LogP contribution in [0.4, 0.5) is 34.1 Å². The number of aryl methyl sites for hydroxylation is 8. The van der Waals surface area contributed by atoms with E-state index in [1.807, 2.05) is 0 Å². The molecule has 0 atom stereocenters. The second-order valence-electron chi connectivity index (χ2n) is 17.6. The minimum Gasteiger partial charge on any atom is -0.310 e. The number of benzene rings is 10. The molecule has 62 heavy (non-hydrogen) atoms. The Labute approximate surface area is 366 Å². The third kappa shape index (κ3) is 6.77. The van der Waals surface area contributed by atoms with Gasteiger partial charge in [0.05, 0.1) is 11.4 Å². The third-order valence-electron chi connectivity index (χ3n) is 12.9. The first-order chi connectivity index (χ1) is 30.0. The van der Waals surface area contributed by atoms with Crippen LogP contribution in [-0.2, 0) is 0 Å². The Kier molecular flexibility index (Phi) is 9.68. The normalized spacial score (nSPS) is 11.5. The predicted molar refractivity (Wildman–Crippen MR) is 268 cm³/mol. The zero-order valence-corrected chi connectivity index (χ0v) is 37.1. The molecule has 0 saturated heterocycles. The Morgan fingerprint density at radius 3 is 0.887 bits per heavy atom. The van der Waals surface area contributed by atoms with Crippen LogP contribution in [0.5, 0.6) is 0 Å². The maximum absolute atomic E-state index is 2.43. The van der Waals surface area contributed by atoms with E-state index >= 15 is 0 Å². The van der Waals surface area contributed by atoms with E-state index in [0.717, 1.165) is 34.1 Å². The second-order valence-corrected chi connectivity index (χ2v) is 17.6. The van der Waals surface area contributed by atoms with Crippen molar-refractivity contribution in [2.75, 3.05) is 9.80 Å². The summed E-state index contributed by atoms with van der Waals surface area (Å²) in [6.45, 7) is 17.6. The van der Waals surface area contributed by atoms with Crippen molar-refractivity contribution < 1.29 is 0 Å². The fourth-order valence-electron chi connectivity index (χ4n) is 10.2. The average molecular weight is 801 g/mol. The summed E-state index contributed by atoms with van der Waals surface area (Å²) in [6.07, 6.45) is 0. The zero-order valence-electron chi connectivity index (χ0n) is 37.1. The topological polar surface area (TPSA) is 6.48 Å². The quantitative estimate of drug-likeness (QED) is 0.141. The molecular formula is C60H52N2. The van der Waals surface area contributed by atoms with Crippen molar-refractivity contribution in [3.8, 4) is 22.3 Å². The first kappa shape index (κ1) is 39.0. The number of anilines is 6. The lowest BCUT2D eigenvalue weighted by Gasteiger charge is -2.29. The van der Waals surface area contributed by atoms with Crippen LogP contribution < -0.4 is 9.80 Å². The van der Waals surface area contributed by atoms with Crippen molar-refractivity contribution in [1.82, 2.24) is 0 Å². The number of rotatable bonds is 8. The SMILES string of the molecule is Cc1ccc(N(c2ccc(-c3c(C)cc(C)cc3C)cc2)c2ccc3ccc4c(N(c5ccc(C)cc5)c5ccc(-c6c(C)cc(C)cc6C)cc5)ccc5ccc2c3c54)cc1. The molecule has 0 aliphatic heterocycles. The van der Waals surface area contributed by atoms with Crippen LogP contribution in [0.15, 0.2) is 170 Å². The van der Waals surface area contributed by atoms with Crippen molar-refractivity contribution in [3.05, 3.63) is 214 Å². The molecule has 0 saturated carbocycles. The molecule has 0 aliphatic rings. The molecule has 0 N–H and O–H groups in total. The number of hydrogen-bond acceptors (Lipinski definition) is 2. The van der Waals surface area contributed by atoms with Crippen molar-refractivity contribution in [3.63, 3.8) is 0 Å². The summed E-state index contributed by atoms with van der Waals surface area (Å²) in [5, 5.41) is 7.48. The Balaban J connectivity index is 1.15. The van der Waals surface area contributed by atoms with Gasteiger partial charge >= 0.3 is 0 Å². The predicted octanol–water partition coefficient (Wildman–Crippen LogP) is 17.3. The monoisotopic (exact) mass is 800 g/mol. The van der Waals surface area contributed by atoms with Crippen molar-refractivity contribution in [2.24, 2.45) is 0 Å². The van der Waals surface area contributed by atoms with Gasteiger partial charge in [-0.3, -0.25) is 0 Å². The lowest BCUT2D eigenvalue weighted by atomic mass is 9.91. The van der Waals surface area contributed by atoms with E-state index in [1.54, 1.807) is 0 Å². The summed E-state index contributed by atoms with van der Waals surface area (Å²) < 4.78 is 0. The van der Waals surface area contributed by atoms with Gasteiger partial charge in [0.25, 0.3) is 0 Å². The van der Waals surface area contributed by atoms with Gasteiger partial charge in [0, 0.05) is 33.5 Å². The van der Waals surface area contributed by atoms with Crippen LogP contribution >= 0.6 is 0 Å². The molecule has 302 valence electrons. The largest absolute Gasteiger partial charge is 0.310 e. The number of nitrogens with zero attached hydrogens (tertiary/aromatic N) is 2. The first-order valence-electron chi connectivity index (χ1n) is 21.8. The third-order valence-corrected chi connectivity index (χ3v) is 12.9. The van der Waals surface area contributed by atoms with E-state index in [0.29, 0.717) is 0 Å². The average Bonchev–Trinajstić information content (AvgIpc) is 3.25. The van der Waals surface area contributed by atoms with Gasteiger partial charge in [-0.15, -0.1) is 0 Å². The lowest BCUT2D eigenvalue weighted by molar-refractivity contribution is 1.28. The van der Waals surface area contributed by atoms with E-state index < -0.39 is 0 Å². The maximum Gasteiger partial charge on any atom is 0.0540 e. The fraction of sp³-hybridized carbons (Fsp3) is 0.133. The summed E-state index contributed by atoms with van der Waals surface area (Å²) in [5.41, 5.74) is 22.2. The van der Waals surface area contributed by atoms with E-state index in [-0.39, 0.29) is 0 Å². The van der Waals surface area contributed by atoms with Gasteiger partial charge in [0.15, 0.2) is 0 Å². The van der Waals surface area contributed by atoms with E-state index in [9.17, 15) is 0 Å². The second kappa shape index (κ2) is 15.4. The summed E-state index contributed by atoms with van der Waals surface area (Å²) in [5.74, 6) is 0. The van der Waals surface area contributed by atoms with Crippen LogP contribution in [0.2, 0.25) is 0 Å². The molecule has 0 unspecified atom stereocenters. The van der Waals surface area contributed by atoms with E-state index in [2.05, 4.69) is 235 Å². The molecule has 10 aromatic carbocycles. The van der Waals surface area contributed by atoms with Gasteiger partial charge in [-0.05, 0) is 182 Å². The Hall–Kier alpha value is -7.16. The molecule has 0 heterocycles. The van der Waals surface area contributed by atoms with E-state index in [4.69, 9.17) is 0 Å². The van der Waals surface area contributed by atoms with Gasteiger partial charge < -0.3 is 9.80 Å². The molecule has 10 rings (SSSR count). The van der Waals surface area contributed by atoms with Crippen LogP contribution in [0.25, 0.3) is 54.6 Å². The van der Waals surface area contributed by atoms with Gasteiger partial charge in [-0.1, -0.05) is 131 Å². The Bertz CT molecular complexity index is 3010. The lowest BCUT2D eigenvalue weighted by Crippen LogP contribution is -2.11. The Morgan fingerprint density at radius 2 is 0.565 bits per heavy atom. The molecule has 0 spiro atoms. The molecule has 0 aliphatic carbocycles. The van der Waals surface area contributed by atoms with Crippen LogP contribution in [0.3, 0.4) is 0 Å². The molecule has 0 amide bonds. The standard InChI is InChI=1S/C60H52N2/c1-37-9-21-49(22-10-37)61(51-25-13-45(14-26-51)57-41(5)33-39(3)34-42(57)6)55-31-19-47-18-30-54-56(32-20-48-17-29-53(55)59(47)60(48)54)62(50-23-11-38(2)12-24-50)52-27-15-46(16-28-52)58-43(7)35-40(4)36-44(58)8/h9-36H,1-8H3. The number of hydrogen-bond donors (Lipinski definition) is 0. The molecule has 2 heteroatoms. The summed E-state index contributed by atoms with van der Waals surface area (Å²) in [7, 11) is 0. The van der Waals surface area contributed by atoms with Gasteiger partial charge in [-0.2, -0.15) is 0 Å². The fourth-order valence-corrected chi connectivity index (χ4v) is 10.2. The highest BCUT2D eigenvalue weighted by Gasteiger charge is 2.22. The highest BCUT2D eigenvalue weighted by molar-refractivity contribution is 6.28. The first-order valence-corrected chi connectivity index (χ1v) is 21.8. The van der Waals surface area contributed by atoms with Gasteiger partial charge in [0.1, 0.15) is 0 Å². The van der Waals surface area contributed by atoms with Crippen molar-refractivity contribution in [1.29, 1.82) is 0 Å². The van der Waals surface area contributed by atoms with Crippen molar-refractivity contribution >= 4 is 66.4 Å². The minimum absolute atomic E-state index is 1.13. The van der Waals surface area contributed by atoms with E-state index in [1.165, 1.54) is 99.1 Å². The zero-order chi connectivity index (χ0) is 42.8. The smallest absolute Gasteiger partial charge is 0.0540 e. The summed E-state index contributed by atoms with van der Waals surface area (Å²) >= 11 is 0. The molecule has 0 aromatic heterocycles. The molecule has 2 nitrogen and oxygen atoms in total. The molecule has 0 bridgehead atoms. The minimum atomic E-state index is 1.13. The highest BCUT2D eigenvalue weighted by atomic mass is 15.1. The molecule has 0 fully saturated rings. The highest BCUT2D eigenvalue weighted by Crippen LogP contribution is 2.48.